The van der Waals surface area contributed by atoms with Crippen LogP contribution in [0.15, 0.2) is 22.7 Å². The molecule has 0 aliphatic carbocycles. The van der Waals surface area contributed by atoms with E-state index < -0.39 is 6.10 Å². The van der Waals surface area contributed by atoms with Crippen LogP contribution in [0, 0.1) is 0 Å². The lowest BCUT2D eigenvalue weighted by atomic mass is 10.1. The molecule has 0 spiro atoms. The lowest BCUT2D eigenvalue weighted by molar-refractivity contribution is 0.0538. The summed E-state index contributed by atoms with van der Waals surface area (Å²) in [6.45, 7) is 3.79. The van der Waals surface area contributed by atoms with Gasteiger partial charge in [0.2, 0.25) is 0 Å². The van der Waals surface area contributed by atoms with Gasteiger partial charge in [-0.1, -0.05) is 22.0 Å². The minimum atomic E-state index is -0.553. The van der Waals surface area contributed by atoms with Crippen molar-refractivity contribution in [1.82, 2.24) is 0 Å². The first-order chi connectivity index (χ1) is 8.65. The highest BCUT2D eigenvalue weighted by Crippen LogP contribution is 2.28. The van der Waals surface area contributed by atoms with Crippen molar-refractivity contribution < 1.29 is 19.3 Å². The van der Waals surface area contributed by atoms with Gasteiger partial charge in [0.05, 0.1) is 25.9 Å². The average Bonchev–Trinajstić information content (AvgIpc) is 2.33. The van der Waals surface area contributed by atoms with E-state index in [1.807, 2.05) is 18.2 Å². The highest BCUT2D eigenvalue weighted by molar-refractivity contribution is 9.10. The molecular weight excluding hydrogens is 300 g/mol. The third-order valence-corrected chi connectivity index (χ3v) is 2.84. The molecule has 4 nitrogen and oxygen atoms in total. The van der Waals surface area contributed by atoms with Crippen LogP contribution in [0.3, 0.4) is 0 Å². The summed E-state index contributed by atoms with van der Waals surface area (Å²) in [7, 11) is 1.64. The molecule has 1 atom stereocenters. The predicted molar refractivity (Wildman–Crippen MR) is 73.0 cm³/mol. The summed E-state index contributed by atoms with van der Waals surface area (Å²) in [5, 5.41) is 9.63. The Hall–Kier alpha value is -0.620. The van der Waals surface area contributed by atoms with Gasteiger partial charge in [0.25, 0.3) is 0 Å². The largest absolute Gasteiger partial charge is 0.491 e. The first-order valence-electron chi connectivity index (χ1n) is 5.82. The molecule has 1 aromatic rings. The van der Waals surface area contributed by atoms with Crippen molar-refractivity contribution in [3.8, 4) is 5.75 Å². The van der Waals surface area contributed by atoms with Crippen LogP contribution in [0.4, 0.5) is 0 Å². The van der Waals surface area contributed by atoms with Crippen LogP contribution in [0.1, 0.15) is 18.6 Å². The Morgan fingerprint density at radius 2 is 1.94 bits per heavy atom. The summed E-state index contributed by atoms with van der Waals surface area (Å²) in [5.74, 6) is 0.676. The SMILES string of the molecule is COCCOCCOc1cc(Br)ccc1[C@H](C)O. The van der Waals surface area contributed by atoms with Crippen LogP contribution in [-0.2, 0) is 9.47 Å². The van der Waals surface area contributed by atoms with Crippen LogP contribution in [0.25, 0.3) is 0 Å². The minimum Gasteiger partial charge on any atom is -0.491 e. The second-order valence-electron chi connectivity index (χ2n) is 3.81. The maximum absolute atomic E-state index is 9.63. The van der Waals surface area contributed by atoms with Crippen LogP contribution in [-0.4, -0.2) is 38.6 Å². The maximum atomic E-state index is 9.63. The molecule has 5 heteroatoms. The molecule has 0 fully saturated rings. The second-order valence-corrected chi connectivity index (χ2v) is 4.73. The minimum absolute atomic E-state index is 0.444. The lowest BCUT2D eigenvalue weighted by Gasteiger charge is -2.14. The highest BCUT2D eigenvalue weighted by Gasteiger charge is 2.09. The van der Waals surface area contributed by atoms with Crippen molar-refractivity contribution in [2.45, 2.75) is 13.0 Å². The van der Waals surface area contributed by atoms with E-state index in [0.717, 1.165) is 10.0 Å². The van der Waals surface area contributed by atoms with Crippen LogP contribution < -0.4 is 4.74 Å². The van der Waals surface area contributed by atoms with E-state index in [1.165, 1.54) is 0 Å². The summed E-state index contributed by atoms with van der Waals surface area (Å²) < 4.78 is 16.7. The normalized spacial score (nSPS) is 12.4. The molecule has 0 saturated carbocycles. The van der Waals surface area contributed by atoms with Crippen molar-refractivity contribution >= 4 is 15.9 Å². The van der Waals surface area contributed by atoms with Gasteiger partial charge in [0.15, 0.2) is 0 Å². The van der Waals surface area contributed by atoms with Crippen LogP contribution >= 0.6 is 15.9 Å². The first kappa shape index (κ1) is 15.4. The number of aliphatic hydroxyl groups excluding tert-OH is 1. The van der Waals surface area contributed by atoms with Crippen LogP contribution in [0.2, 0.25) is 0 Å². The number of benzene rings is 1. The molecule has 0 heterocycles. The Morgan fingerprint density at radius 3 is 2.61 bits per heavy atom. The maximum Gasteiger partial charge on any atom is 0.126 e. The molecule has 0 unspecified atom stereocenters. The van der Waals surface area contributed by atoms with Gasteiger partial charge in [-0.05, 0) is 19.1 Å². The quantitative estimate of drug-likeness (QED) is 0.748. The summed E-state index contributed by atoms with van der Waals surface area (Å²) in [6.07, 6.45) is -0.553. The Balaban J connectivity index is 2.43. The molecule has 1 aromatic carbocycles. The zero-order chi connectivity index (χ0) is 13.4. The Bertz CT molecular complexity index is 355. The summed E-state index contributed by atoms with van der Waals surface area (Å²) in [4.78, 5) is 0. The van der Waals surface area contributed by atoms with Gasteiger partial charge in [-0.3, -0.25) is 0 Å². The number of rotatable bonds is 8. The van der Waals surface area contributed by atoms with E-state index in [2.05, 4.69) is 15.9 Å². The second kappa shape index (κ2) is 8.48. The van der Waals surface area contributed by atoms with Gasteiger partial charge in [-0.25, -0.2) is 0 Å². The van der Waals surface area contributed by atoms with Crippen molar-refractivity contribution in [1.29, 1.82) is 0 Å². The van der Waals surface area contributed by atoms with E-state index in [4.69, 9.17) is 14.2 Å². The van der Waals surface area contributed by atoms with E-state index in [-0.39, 0.29) is 0 Å². The first-order valence-corrected chi connectivity index (χ1v) is 6.61. The number of ether oxygens (including phenoxy) is 3. The van der Waals surface area contributed by atoms with Gasteiger partial charge in [-0.15, -0.1) is 0 Å². The number of halogens is 1. The molecule has 1 rings (SSSR count). The zero-order valence-corrected chi connectivity index (χ0v) is 12.3. The molecular formula is C13H19BrO4. The number of hydrogen-bond donors (Lipinski definition) is 1. The number of hydrogen-bond acceptors (Lipinski definition) is 4. The molecule has 0 amide bonds. The van der Waals surface area contributed by atoms with Crippen molar-refractivity contribution in [3.05, 3.63) is 28.2 Å². The standard InChI is InChI=1S/C13H19BrO4/c1-10(15)12-4-3-11(14)9-13(12)18-8-7-17-6-5-16-2/h3-4,9-10,15H,5-8H2,1-2H3/t10-/m0/s1. The van der Waals surface area contributed by atoms with Crippen molar-refractivity contribution in [2.24, 2.45) is 0 Å². The van der Waals surface area contributed by atoms with E-state index in [0.29, 0.717) is 32.2 Å². The highest BCUT2D eigenvalue weighted by atomic mass is 79.9. The molecule has 18 heavy (non-hydrogen) atoms. The summed E-state index contributed by atoms with van der Waals surface area (Å²) in [5.41, 5.74) is 0.773. The fourth-order valence-corrected chi connectivity index (χ4v) is 1.77. The molecule has 102 valence electrons. The fraction of sp³-hybridized carbons (Fsp3) is 0.538. The molecule has 0 aromatic heterocycles. The molecule has 0 aliphatic rings. The Morgan fingerprint density at radius 1 is 1.22 bits per heavy atom. The average molecular weight is 319 g/mol. The predicted octanol–water partition coefficient (Wildman–Crippen LogP) is 2.54. The van der Waals surface area contributed by atoms with Gasteiger partial charge < -0.3 is 19.3 Å². The Labute approximate surface area is 116 Å². The van der Waals surface area contributed by atoms with Gasteiger partial charge in [0, 0.05) is 17.1 Å². The molecule has 0 aliphatic heterocycles. The van der Waals surface area contributed by atoms with E-state index in [9.17, 15) is 5.11 Å². The van der Waals surface area contributed by atoms with Gasteiger partial charge >= 0.3 is 0 Å². The number of aliphatic hydroxyl groups is 1. The fourth-order valence-electron chi connectivity index (χ4n) is 1.43. The molecule has 0 saturated heterocycles. The monoisotopic (exact) mass is 318 g/mol. The molecule has 0 radical (unpaired) electrons. The summed E-state index contributed by atoms with van der Waals surface area (Å²) >= 11 is 3.38. The van der Waals surface area contributed by atoms with Gasteiger partial charge in [-0.2, -0.15) is 0 Å². The molecule has 1 N–H and O–H groups in total. The van der Waals surface area contributed by atoms with Crippen molar-refractivity contribution in [2.75, 3.05) is 33.5 Å². The van der Waals surface area contributed by atoms with Gasteiger partial charge in [0.1, 0.15) is 12.4 Å². The third-order valence-electron chi connectivity index (χ3n) is 2.34. The topological polar surface area (TPSA) is 47.9 Å². The molecule has 0 bridgehead atoms. The van der Waals surface area contributed by atoms with Crippen LogP contribution in [0.5, 0.6) is 5.75 Å². The smallest absolute Gasteiger partial charge is 0.126 e. The van der Waals surface area contributed by atoms with E-state index >= 15 is 0 Å². The zero-order valence-electron chi connectivity index (χ0n) is 10.7. The summed E-state index contributed by atoms with van der Waals surface area (Å²) in [6, 6.07) is 5.57. The third kappa shape index (κ3) is 5.35. The Kier molecular flexibility index (Phi) is 7.27. The van der Waals surface area contributed by atoms with Crippen molar-refractivity contribution in [3.63, 3.8) is 0 Å². The lowest BCUT2D eigenvalue weighted by Crippen LogP contribution is -2.11. The van der Waals surface area contributed by atoms with E-state index in [1.54, 1.807) is 14.0 Å². The number of methoxy groups -OCH3 is 1.